The first-order valence-corrected chi connectivity index (χ1v) is 6.49. The highest BCUT2D eigenvalue weighted by Crippen LogP contribution is 2.17. The molecule has 6 heteroatoms. The van der Waals surface area contributed by atoms with Crippen LogP contribution in [0.5, 0.6) is 0 Å². The number of nitrogens with zero attached hydrogens (tertiary/aromatic N) is 1. The highest BCUT2D eigenvalue weighted by atomic mass is 127. The second kappa shape index (κ2) is 6.58. The zero-order valence-corrected chi connectivity index (χ0v) is 12.3. The van der Waals surface area contributed by atoms with E-state index in [1.807, 2.05) is 18.2 Å². The molecule has 0 aromatic heterocycles. The number of aliphatic carboxylic acids is 1. The molecule has 1 rings (SSSR count). The molecule has 1 unspecified atom stereocenters. The number of carboxylic acid groups (broad SMARTS) is 1. The van der Waals surface area contributed by atoms with Gasteiger partial charge < -0.3 is 15.3 Å². The predicted molar refractivity (Wildman–Crippen MR) is 77.6 cm³/mol. The topological polar surface area (TPSA) is 69.6 Å². The van der Waals surface area contributed by atoms with Crippen molar-refractivity contribution in [1.82, 2.24) is 4.90 Å². The summed E-state index contributed by atoms with van der Waals surface area (Å²) in [6, 6.07) is 7.09. The average Bonchev–Trinajstić information content (AvgIpc) is 2.31. The number of nitrogens with one attached hydrogen (secondary N) is 1. The van der Waals surface area contributed by atoms with Crippen LogP contribution in [-0.2, 0) is 4.79 Å². The third kappa shape index (κ3) is 4.17. The first-order valence-electron chi connectivity index (χ1n) is 5.41. The first-order chi connectivity index (χ1) is 8.41. The molecule has 98 valence electrons. The van der Waals surface area contributed by atoms with Gasteiger partial charge in [0.2, 0.25) is 0 Å². The molecule has 0 saturated heterocycles. The molecule has 0 radical (unpaired) electrons. The number of anilines is 1. The molecule has 0 aliphatic rings. The van der Waals surface area contributed by atoms with E-state index in [0.29, 0.717) is 0 Å². The van der Waals surface area contributed by atoms with Crippen LogP contribution in [0.3, 0.4) is 0 Å². The lowest BCUT2D eigenvalue weighted by atomic mass is 10.2. The van der Waals surface area contributed by atoms with Crippen LogP contribution in [0.2, 0.25) is 0 Å². The lowest BCUT2D eigenvalue weighted by Crippen LogP contribution is -2.36. The summed E-state index contributed by atoms with van der Waals surface area (Å²) in [5.74, 6) is -1.50. The highest BCUT2D eigenvalue weighted by Gasteiger charge is 2.17. The van der Waals surface area contributed by atoms with Crippen LogP contribution < -0.4 is 5.32 Å². The van der Waals surface area contributed by atoms with E-state index < -0.39 is 11.9 Å². The summed E-state index contributed by atoms with van der Waals surface area (Å²) in [6.45, 7) is 1.74. The SMILES string of the molecule is CC(CN(C)C(=O)Nc1ccccc1I)C(=O)O. The van der Waals surface area contributed by atoms with Gasteiger partial charge in [0.05, 0.1) is 11.6 Å². The third-order valence-electron chi connectivity index (χ3n) is 2.43. The highest BCUT2D eigenvalue weighted by molar-refractivity contribution is 14.1. The van der Waals surface area contributed by atoms with E-state index in [1.54, 1.807) is 20.0 Å². The van der Waals surface area contributed by atoms with Gasteiger partial charge >= 0.3 is 12.0 Å². The Morgan fingerprint density at radius 1 is 1.44 bits per heavy atom. The fourth-order valence-electron chi connectivity index (χ4n) is 1.35. The molecule has 1 atom stereocenters. The Morgan fingerprint density at radius 2 is 2.06 bits per heavy atom. The number of urea groups is 1. The number of amides is 2. The lowest BCUT2D eigenvalue weighted by Gasteiger charge is -2.20. The van der Waals surface area contributed by atoms with Crippen LogP contribution in [0.15, 0.2) is 24.3 Å². The summed E-state index contributed by atoms with van der Waals surface area (Å²) in [4.78, 5) is 23.9. The van der Waals surface area contributed by atoms with Gasteiger partial charge in [-0.1, -0.05) is 19.1 Å². The second-order valence-electron chi connectivity index (χ2n) is 4.03. The van der Waals surface area contributed by atoms with Crippen LogP contribution in [0.1, 0.15) is 6.92 Å². The molecule has 1 aromatic carbocycles. The molecule has 1 aromatic rings. The fraction of sp³-hybridized carbons (Fsp3) is 0.333. The van der Waals surface area contributed by atoms with E-state index in [4.69, 9.17) is 5.11 Å². The van der Waals surface area contributed by atoms with E-state index >= 15 is 0 Å². The van der Waals surface area contributed by atoms with Crippen molar-refractivity contribution in [2.75, 3.05) is 18.9 Å². The molecule has 0 bridgehead atoms. The summed E-state index contributed by atoms with van der Waals surface area (Å²) in [6.07, 6.45) is 0. The third-order valence-corrected chi connectivity index (χ3v) is 3.37. The standard InChI is InChI=1S/C12H15IN2O3/c1-8(11(16)17)7-15(2)12(18)14-10-6-4-3-5-9(10)13/h3-6,8H,7H2,1-2H3,(H,14,18)(H,16,17). The van der Waals surface area contributed by atoms with E-state index in [0.717, 1.165) is 9.26 Å². The molecule has 0 spiro atoms. The van der Waals surface area contributed by atoms with Crippen molar-refractivity contribution in [3.05, 3.63) is 27.8 Å². The average molecular weight is 362 g/mol. The normalized spacial score (nSPS) is 11.7. The largest absolute Gasteiger partial charge is 0.481 e. The van der Waals surface area contributed by atoms with Crippen LogP contribution in [0, 0.1) is 9.49 Å². The van der Waals surface area contributed by atoms with E-state index in [2.05, 4.69) is 27.9 Å². The van der Waals surface area contributed by atoms with Crippen molar-refractivity contribution in [3.63, 3.8) is 0 Å². The van der Waals surface area contributed by atoms with E-state index in [9.17, 15) is 9.59 Å². The number of carboxylic acids is 1. The van der Waals surface area contributed by atoms with Crippen molar-refractivity contribution >= 4 is 40.3 Å². The van der Waals surface area contributed by atoms with Gasteiger partial charge in [-0.2, -0.15) is 0 Å². The maximum absolute atomic E-state index is 11.8. The van der Waals surface area contributed by atoms with E-state index in [1.165, 1.54) is 4.90 Å². The Kier molecular flexibility index (Phi) is 5.39. The number of carbonyl (C=O) groups excluding carboxylic acids is 1. The molecule has 0 fully saturated rings. The smallest absolute Gasteiger partial charge is 0.321 e. The molecular formula is C12H15IN2O3. The van der Waals surface area contributed by atoms with Crippen molar-refractivity contribution in [1.29, 1.82) is 0 Å². The molecule has 0 saturated carbocycles. The number of carbonyl (C=O) groups is 2. The molecule has 0 heterocycles. The van der Waals surface area contributed by atoms with Gasteiger partial charge in [-0.3, -0.25) is 4.79 Å². The predicted octanol–water partition coefficient (Wildman–Crippen LogP) is 2.48. The van der Waals surface area contributed by atoms with Crippen LogP contribution in [0.25, 0.3) is 0 Å². The summed E-state index contributed by atoms with van der Waals surface area (Å²) < 4.78 is 0.933. The Balaban J connectivity index is 2.61. The van der Waals surface area contributed by atoms with Crippen molar-refractivity contribution in [2.24, 2.45) is 5.92 Å². The summed E-state index contributed by atoms with van der Waals surface area (Å²) in [5.41, 5.74) is 0.720. The van der Waals surface area contributed by atoms with Crippen LogP contribution in [0.4, 0.5) is 10.5 Å². The van der Waals surface area contributed by atoms with E-state index in [-0.39, 0.29) is 12.6 Å². The Hall–Kier alpha value is -1.31. The minimum absolute atomic E-state index is 0.171. The number of benzene rings is 1. The quantitative estimate of drug-likeness (QED) is 0.809. The first kappa shape index (κ1) is 14.7. The summed E-state index contributed by atoms with van der Waals surface area (Å²) in [7, 11) is 1.57. The van der Waals surface area contributed by atoms with Gasteiger partial charge in [0.25, 0.3) is 0 Å². The molecular weight excluding hydrogens is 347 g/mol. The number of para-hydroxylation sites is 1. The van der Waals surface area contributed by atoms with Crippen molar-refractivity contribution in [3.8, 4) is 0 Å². The molecule has 5 nitrogen and oxygen atoms in total. The van der Waals surface area contributed by atoms with Crippen LogP contribution in [-0.4, -0.2) is 35.6 Å². The number of rotatable bonds is 4. The number of hydrogen-bond donors (Lipinski definition) is 2. The Morgan fingerprint density at radius 3 is 2.61 bits per heavy atom. The Labute approximate surface area is 119 Å². The van der Waals surface area contributed by atoms with Gasteiger partial charge in [-0.05, 0) is 34.7 Å². The summed E-state index contributed by atoms with van der Waals surface area (Å²) in [5, 5.41) is 11.5. The minimum atomic E-state index is -0.913. The number of halogens is 1. The van der Waals surface area contributed by atoms with Gasteiger partial charge in [0, 0.05) is 17.2 Å². The van der Waals surface area contributed by atoms with Gasteiger partial charge in [0.1, 0.15) is 0 Å². The zero-order valence-electron chi connectivity index (χ0n) is 10.2. The summed E-state index contributed by atoms with van der Waals surface area (Å²) >= 11 is 2.13. The molecule has 0 aliphatic heterocycles. The van der Waals surface area contributed by atoms with Gasteiger partial charge in [-0.25, -0.2) is 4.79 Å². The van der Waals surface area contributed by atoms with Crippen molar-refractivity contribution in [2.45, 2.75) is 6.92 Å². The maximum atomic E-state index is 11.8. The van der Waals surface area contributed by atoms with Crippen molar-refractivity contribution < 1.29 is 14.7 Å². The molecule has 0 aliphatic carbocycles. The molecule has 2 N–H and O–H groups in total. The second-order valence-corrected chi connectivity index (χ2v) is 5.19. The maximum Gasteiger partial charge on any atom is 0.321 e. The Bertz CT molecular complexity index is 451. The minimum Gasteiger partial charge on any atom is -0.481 e. The fourth-order valence-corrected chi connectivity index (χ4v) is 1.87. The monoisotopic (exact) mass is 362 g/mol. The lowest BCUT2D eigenvalue weighted by molar-refractivity contribution is -0.141. The molecule has 2 amide bonds. The van der Waals surface area contributed by atoms with Gasteiger partial charge in [-0.15, -0.1) is 0 Å². The van der Waals surface area contributed by atoms with Crippen LogP contribution >= 0.6 is 22.6 Å². The number of hydrogen-bond acceptors (Lipinski definition) is 2. The molecule has 18 heavy (non-hydrogen) atoms. The van der Waals surface area contributed by atoms with Gasteiger partial charge in [0.15, 0.2) is 0 Å². The zero-order chi connectivity index (χ0) is 13.7.